The molecule has 1 fully saturated rings. The Labute approximate surface area is 107 Å². The highest BCUT2D eigenvalue weighted by molar-refractivity contribution is 9.10. The molecule has 0 atom stereocenters. The van der Waals surface area contributed by atoms with Gasteiger partial charge in [-0.15, -0.1) is 0 Å². The summed E-state index contributed by atoms with van der Waals surface area (Å²) < 4.78 is 25.5. The Hall–Kier alpha value is -0.810. The Balaban J connectivity index is 2.13. The summed E-state index contributed by atoms with van der Waals surface area (Å²) in [4.78, 5) is 0. The number of fused-ring (bicyclic) bond motifs is 1. The van der Waals surface area contributed by atoms with E-state index in [9.17, 15) is 4.39 Å². The van der Waals surface area contributed by atoms with Crippen molar-refractivity contribution < 1.29 is 13.9 Å². The van der Waals surface area contributed by atoms with Crippen molar-refractivity contribution >= 4 is 15.9 Å². The Morgan fingerprint density at radius 2 is 2.00 bits per heavy atom. The second-order valence-corrected chi connectivity index (χ2v) is 5.38. The molecule has 1 aliphatic heterocycles. The zero-order valence-corrected chi connectivity index (χ0v) is 10.8. The van der Waals surface area contributed by atoms with Gasteiger partial charge in [-0.2, -0.15) is 0 Å². The highest BCUT2D eigenvalue weighted by Gasteiger charge is 2.39. The predicted molar refractivity (Wildman–Crippen MR) is 64.8 cm³/mol. The summed E-state index contributed by atoms with van der Waals surface area (Å²) in [7, 11) is 0. The molecule has 0 saturated heterocycles. The minimum atomic E-state index is -0.539. The molecule has 0 unspecified atom stereocenters. The molecule has 1 heterocycles. The molecular formula is C12H13BrFNO2. The van der Waals surface area contributed by atoms with Crippen LogP contribution in [0, 0.1) is 5.82 Å². The maximum Gasteiger partial charge on any atom is 0.178 e. The molecule has 1 aromatic carbocycles. The standard InChI is InChI=1S/C12H13BrFNO2/c13-9-10(14)7(12(15)2-1-3-12)6-8-11(9)17-5-4-16-8/h6H,1-5,15H2. The first-order valence-corrected chi connectivity index (χ1v) is 6.48. The molecule has 0 amide bonds. The van der Waals surface area contributed by atoms with Gasteiger partial charge in [-0.05, 0) is 41.3 Å². The van der Waals surface area contributed by atoms with Crippen molar-refractivity contribution in [1.29, 1.82) is 0 Å². The normalized spacial score (nSPS) is 20.9. The van der Waals surface area contributed by atoms with Crippen LogP contribution < -0.4 is 15.2 Å². The first kappa shape index (κ1) is 11.3. The third kappa shape index (κ3) is 1.64. The summed E-state index contributed by atoms with van der Waals surface area (Å²) in [6.45, 7) is 0.931. The van der Waals surface area contributed by atoms with Crippen LogP contribution in [0.4, 0.5) is 4.39 Å². The molecule has 2 N–H and O–H groups in total. The summed E-state index contributed by atoms with van der Waals surface area (Å²) >= 11 is 3.23. The maximum absolute atomic E-state index is 14.2. The first-order valence-electron chi connectivity index (χ1n) is 5.69. The van der Waals surface area contributed by atoms with Crippen LogP contribution in [0.5, 0.6) is 11.5 Å². The zero-order chi connectivity index (χ0) is 12.0. The number of hydrogen-bond acceptors (Lipinski definition) is 3. The third-order valence-electron chi connectivity index (χ3n) is 3.50. The number of hydrogen-bond donors (Lipinski definition) is 1. The van der Waals surface area contributed by atoms with Crippen LogP contribution in [-0.2, 0) is 5.54 Å². The fraction of sp³-hybridized carbons (Fsp3) is 0.500. The van der Waals surface area contributed by atoms with Crippen molar-refractivity contribution in [3.63, 3.8) is 0 Å². The predicted octanol–water partition coefficient (Wildman–Crippen LogP) is 2.70. The van der Waals surface area contributed by atoms with Crippen LogP contribution in [-0.4, -0.2) is 13.2 Å². The van der Waals surface area contributed by atoms with E-state index in [4.69, 9.17) is 15.2 Å². The Kier molecular flexibility index (Phi) is 2.56. The summed E-state index contributed by atoms with van der Waals surface area (Å²) in [6.07, 6.45) is 2.67. The molecule has 0 radical (unpaired) electrons. The van der Waals surface area contributed by atoms with Crippen molar-refractivity contribution in [2.75, 3.05) is 13.2 Å². The first-order chi connectivity index (χ1) is 8.12. The van der Waals surface area contributed by atoms with Crippen LogP contribution in [0.3, 0.4) is 0 Å². The van der Waals surface area contributed by atoms with E-state index < -0.39 is 5.54 Å². The van der Waals surface area contributed by atoms with Crippen LogP contribution in [0.25, 0.3) is 0 Å². The molecular weight excluding hydrogens is 289 g/mol. The fourth-order valence-corrected chi connectivity index (χ4v) is 2.84. The highest BCUT2D eigenvalue weighted by Crippen LogP contribution is 2.47. The topological polar surface area (TPSA) is 44.5 Å². The molecule has 0 aromatic heterocycles. The van der Waals surface area contributed by atoms with Gasteiger partial charge in [-0.3, -0.25) is 0 Å². The SMILES string of the molecule is NC1(c2cc3c(c(Br)c2F)OCCO3)CCC1. The average Bonchev–Trinajstić information content (AvgIpc) is 2.31. The number of ether oxygens (including phenoxy) is 2. The van der Waals surface area contributed by atoms with Crippen LogP contribution in [0.1, 0.15) is 24.8 Å². The maximum atomic E-state index is 14.2. The summed E-state index contributed by atoms with van der Waals surface area (Å²) in [5.74, 6) is 0.702. The van der Waals surface area contributed by atoms with Gasteiger partial charge in [0.05, 0.1) is 4.47 Å². The molecule has 1 saturated carbocycles. The van der Waals surface area contributed by atoms with E-state index in [-0.39, 0.29) is 5.82 Å². The van der Waals surface area contributed by atoms with Crippen molar-refractivity contribution in [1.82, 2.24) is 0 Å². The van der Waals surface area contributed by atoms with Crippen molar-refractivity contribution in [2.24, 2.45) is 5.73 Å². The Morgan fingerprint density at radius 1 is 1.29 bits per heavy atom. The van der Waals surface area contributed by atoms with Crippen LogP contribution in [0.15, 0.2) is 10.5 Å². The lowest BCUT2D eigenvalue weighted by atomic mass is 9.72. The molecule has 1 aromatic rings. The molecule has 2 aliphatic rings. The molecule has 17 heavy (non-hydrogen) atoms. The molecule has 92 valence electrons. The second-order valence-electron chi connectivity index (χ2n) is 4.59. The largest absolute Gasteiger partial charge is 0.486 e. The van der Waals surface area contributed by atoms with Gasteiger partial charge >= 0.3 is 0 Å². The molecule has 3 rings (SSSR count). The number of halogens is 2. The van der Waals surface area contributed by atoms with Gasteiger partial charge in [0, 0.05) is 11.1 Å². The van der Waals surface area contributed by atoms with Gasteiger partial charge in [0.15, 0.2) is 11.5 Å². The number of benzene rings is 1. The Morgan fingerprint density at radius 3 is 2.65 bits per heavy atom. The minimum absolute atomic E-state index is 0.321. The zero-order valence-electron chi connectivity index (χ0n) is 9.26. The second kappa shape index (κ2) is 3.85. The van der Waals surface area contributed by atoms with E-state index in [0.717, 1.165) is 19.3 Å². The third-order valence-corrected chi connectivity index (χ3v) is 4.21. The summed E-state index contributed by atoms with van der Waals surface area (Å²) in [5.41, 5.74) is 6.16. The lowest BCUT2D eigenvalue weighted by molar-refractivity contribution is 0.167. The molecule has 3 nitrogen and oxygen atoms in total. The molecule has 0 bridgehead atoms. The minimum Gasteiger partial charge on any atom is -0.486 e. The lowest BCUT2D eigenvalue weighted by Crippen LogP contribution is -2.44. The smallest absolute Gasteiger partial charge is 0.178 e. The quantitative estimate of drug-likeness (QED) is 0.867. The molecule has 1 aliphatic carbocycles. The van der Waals surface area contributed by atoms with Gasteiger partial charge in [0.1, 0.15) is 19.0 Å². The summed E-state index contributed by atoms with van der Waals surface area (Å²) in [6, 6.07) is 1.69. The fourth-order valence-electron chi connectivity index (χ4n) is 2.31. The summed E-state index contributed by atoms with van der Waals surface area (Å²) in [5, 5.41) is 0. The molecule has 5 heteroatoms. The van der Waals surface area contributed by atoms with Crippen molar-refractivity contribution in [3.05, 3.63) is 21.9 Å². The highest BCUT2D eigenvalue weighted by atomic mass is 79.9. The van der Waals surface area contributed by atoms with Gasteiger partial charge in [-0.1, -0.05) is 0 Å². The van der Waals surface area contributed by atoms with Gasteiger partial charge in [0.25, 0.3) is 0 Å². The van der Waals surface area contributed by atoms with E-state index in [0.29, 0.717) is 34.7 Å². The van der Waals surface area contributed by atoms with E-state index in [1.54, 1.807) is 6.07 Å². The van der Waals surface area contributed by atoms with E-state index in [2.05, 4.69) is 15.9 Å². The number of nitrogens with two attached hydrogens (primary N) is 1. The van der Waals surface area contributed by atoms with E-state index in [1.807, 2.05) is 0 Å². The lowest BCUT2D eigenvalue weighted by Gasteiger charge is -2.39. The van der Waals surface area contributed by atoms with Gasteiger partial charge < -0.3 is 15.2 Å². The van der Waals surface area contributed by atoms with Crippen LogP contribution >= 0.6 is 15.9 Å². The van der Waals surface area contributed by atoms with E-state index >= 15 is 0 Å². The van der Waals surface area contributed by atoms with E-state index in [1.165, 1.54) is 0 Å². The average molecular weight is 302 g/mol. The Bertz CT molecular complexity index is 474. The molecule has 0 spiro atoms. The van der Waals surface area contributed by atoms with Crippen molar-refractivity contribution in [3.8, 4) is 11.5 Å². The number of rotatable bonds is 1. The van der Waals surface area contributed by atoms with Crippen LogP contribution in [0.2, 0.25) is 0 Å². The monoisotopic (exact) mass is 301 g/mol. The van der Waals surface area contributed by atoms with Gasteiger partial charge in [-0.25, -0.2) is 4.39 Å². The van der Waals surface area contributed by atoms with Crippen molar-refractivity contribution in [2.45, 2.75) is 24.8 Å². The van der Waals surface area contributed by atoms with Gasteiger partial charge in [0.2, 0.25) is 0 Å².